The lowest BCUT2D eigenvalue weighted by Crippen LogP contribution is -2.20. The molecular formula is C17H12Br3N3O2. The topological polar surface area (TPSA) is 56.5 Å². The van der Waals surface area contributed by atoms with E-state index in [1.807, 2.05) is 18.2 Å². The van der Waals surface area contributed by atoms with E-state index in [0.717, 1.165) is 19.0 Å². The minimum absolute atomic E-state index is 0.216. The van der Waals surface area contributed by atoms with E-state index >= 15 is 0 Å². The van der Waals surface area contributed by atoms with Crippen LogP contribution in [0.4, 0.5) is 0 Å². The van der Waals surface area contributed by atoms with Crippen molar-refractivity contribution < 1.29 is 4.74 Å². The number of methoxy groups -OCH3 is 1. The lowest BCUT2D eigenvalue weighted by atomic mass is 10.2. The fourth-order valence-electron chi connectivity index (χ4n) is 2.37. The Bertz CT molecular complexity index is 1040. The second-order valence-electron chi connectivity index (χ2n) is 5.20. The molecule has 0 aliphatic carbocycles. The van der Waals surface area contributed by atoms with Crippen molar-refractivity contribution in [1.82, 2.24) is 9.66 Å². The van der Waals surface area contributed by atoms with Gasteiger partial charge in [-0.15, -0.1) is 0 Å². The monoisotopic (exact) mass is 527 g/mol. The van der Waals surface area contributed by atoms with E-state index in [9.17, 15) is 4.79 Å². The van der Waals surface area contributed by atoms with Gasteiger partial charge in [-0.1, -0.05) is 15.9 Å². The molecule has 0 radical (unpaired) electrons. The predicted octanol–water partition coefficient (Wildman–Crippen LogP) is 4.88. The molecule has 0 N–H and O–H groups in total. The lowest BCUT2D eigenvalue weighted by molar-refractivity contribution is 0.409. The van der Waals surface area contributed by atoms with E-state index in [-0.39, 0.29) is 5.56 Å². The molecule has 0 aliphatic heterocycles. The second-order valence-corrected chi connectivity index (χ2v) is 7.82. The van der Waals surface area contributed by atoms with Crippen LogP contribution in [-0.2, 0) is 0 Å². The number of aromatic nitrogens is 2. The van der Waals surface area contributed by atoms with Crippen LogP contribution in [0.1, 0.15) is 11.4 Å². The molecule has 2 aromatic carbocycles. The summed E-state index contributed by atoms with van der Waals surface area (Å²) in [6, 6.07) is 9.13. The largest absolute Gasteiger partial charge is 0.494 e. The van der Waals surface area contributed by atoms with Crippen LogP contribution in [0.25, 0.3) is 10.9 Å². The molecule has 1 heterocycles. The third kappa shape index (κ3) is 3.70. The molecule has 1 aromatic heterocycles. The summed E-state index contributed by atoms with van der Waals surface area (Å²) in [5.41, 5.74) is 1.24. The Hall–Kier alpha value is -1.51. The Balaban J connectivity index is 2.09. The maximum atomic E-state index is 12.7. The van der Waals surface area contributed by atoms with Crippen LogP contribution in [0.15, 0.2) is 53.6 Å². The number of hydrogen-bond donors (Lipinski definition) is 0. The van der Waals surface area contributed by atoms with Crippen LogP contribution < -0.4 is 10.3 Å². The van der Waals surface area contributed by atoms with Crippen molar-refractivity contribution in [2.75, 3.05) is 7.11 Å². The highest BCUT2D eigenvalue weighted by atomic mass is 79.9. The first-order chi connectivity index (χ1) is 11.9. The first kappa shape index (κ1) is 18.3. The van der Waals surface area contributed by atoms with Crippen molar-refractivity contribution in [2.24, 2.45) is 5.10 Å². The summed E-state index contributed by atoms with van der Waals surface area (Å²) in [7, 11) is 1.60. The first-order valence-corrected chi connectivity index (χ1v) is 9.55. The number of hydrogen-bond acceptors (Lipinski definition) is 4. The fourth-order valence-corrected chi connectivity index (χ4v) is 4.28. The van der Waals surface area contributed by atoms with Crippen molar-refractivity contribution in [2.45, 2.75) is 6.92 Å². The van der Waals surface area contributed by atoms with Gasteiger partial charge in [0.1, 0.15) is 11.6 Å². The molecule has 0 spiro atoms. The number of fused-ring (bicyclic) bond motifs is 1. The minimum Gasteiger partial charge on any atom is -0.494 e. The van der Waals surface area contributed by atoms with E-state index in [0.29, 0.717) is 22.5 Å². The third-order valence-corrected chi connectivity index (χ3v) is 5.19. The molecular weight excluding hydrogens is 518 g/mol. The Morgan fingerprint density at radius 1 is 1.16 bits per heavy atom. The minimum atomic E-state index is -0.216. The zero-order chi connectivity index (χ0) is 18.1. The summed E-state index contributed by atoms with van der Waals surface area (Å²) in [6.07, 6.45) is 1.61. The Morgan fingerprint density at radius 3 is 2.48 bits per heavy atom. The highest BCUT2D eigenvalue weighted by molar-refractivity contribution is 9.11. The number of benzene rings is 2. The average molecular weight is 530 g/mol. The molecule has 8 heteroatoms. The van der Waals surface area contributed by atoms with Gasteiger partial charge in [-0.05, 0) is 74.7 Å². The molecule has 128 valence electrons. The van der Waals surface area contributed by atoms with E-state index < -0.39 is 0 Å². The summed E-state index contributed by atoms with van der Waals surface area (Å²) in [5, 5.41) is 4.82. The maximum absolute atomic E-state index is 12.7. The molecule has 0 unspecified atom stereocenters. The highest BCUT2D eigenvalue weighted by Gasteiger charge is 2.09. The second kappa shape index (κ2) is 7.39. The van der Waals surface area contributed by atoms with Crippen LogP contribution in [0, 0.1) is 6.92 Å². The molecule has 5 nitrogen and oxygen atoms in total. The van der Waals surface area contributed by atoms with Crippen molar-refractivity contribution in [3.05, 3.63) is 65.5 Å². The molecule has 0 saturated carbocycles. The molecule has 0 aliphatic rings. The third-order valence-electron chi connectivity index (χ3n) is 3.52. The van der Waals surface area contributed by atoms with Gasteiger partial charge in [0.25, 0.3) is 5.56 Å². The van der Waals surface area contributed by atoms with Crippen LogP contribution in [0.5, 0.6) is 5.75 Å². The Kier molecular flexibility index (Phi) is 5.41. The number of ether oxygens (including phenoxy) is 1. The summed E-state index contributed by atoms with van der Waals surface area (Å²) >= 11 is 10.3. The van der Waals surface area contributed by atoms with Gasteiger partial charge in [0.15, 0.2) is 0 Å². The van der Waals surface area contributed by atoms with E-state index in [2.05, 4.69) is 57.9 Å². The van der Waals surface area contributed by atoms with E-state index in [1.54, 1.807) is 32.4 Å². The number of halogens is 3. The number of nitrogens with zero attached hydrogens (tertiary/aromatic N) is 3. The van der Waals surface area contributed by atoms with Gasteiger partial charge in [-0.25, -0.2) is 4.98 Å². The quantitative estimate of drug-likeness (QED) is 0.454. The van der Waals surface area contributed by atoms with Gasteiger partial charge in [-0.2, -0.15) is 9.78 Å². The van der Waals surface area contributed by atoms with E-state index in [1.165, 1.54) is 4.68 Å². The summed E-state index contributed by atoms with van der Waals surface area (Å²) in [6.45, 7) is 1.75. The Labute approximate surface area is 169 Å². The van der Waals surface area contributed by atoms with Crippen LogP contribution in [0.3, 0.4) is 0 Å². The molecule has 0 amide bonds. The lowest BCUT2D eigenvalue weighted by Gasteiger charge is -2.08. The van der Waals surface area contributed by atoms with Crippen molar-refractivity contribution in [3.8, 4) is 5.75 Å². The molecule has 0 saturated heterocycles. The van der Waals surface area contributed by atoms with Crippen LogP contribution in [-0.4, -0.2) is 23.0 Å². The van der Waals surface area contributed by atoms with Gasteiger partial charge in [0.2, 0.25) is 0 Å². The Morgan fingerprint density at radius 2 is 1.84 bits per heavy atom. The molecule has 0 bridgehead atoms. The summed E-state index contributed by atoms with van der Waals surface area (Å²) in [5.74, 6) is 1.21. The molecule has 25 heavy (non-hydrogen) atoms. The number of rotatable bonds is 3. The van der Waals surface area contributed by atoms with Gasteiger partial charge in [0, 0.05) is 4.47 Å². The normalized spacial score (nSPS) is 11.4. The van der Waals surface area contributed by atoms with Crippen LogP contribution >= 0.6 is 47.8 Å². The SMILES string of the molecule is COc1c(Br)cc(C=Nn2c(C)nc3ccc(Br)cc3c2=O)cc1Br. The zero-order valence-corrected chi connectivity index (χ0v) is 18.0. The summed E-state index contributed by atoms with van der Waals surface area (Å²) < 4.78 is 8.97. The predicted molar refractivity (Wildman–Crippen MR) is 110 cm³/mol. The van der Waals surface area contributed by atoms with Gasteiger partial charge < -0.3 is 4.74 Å². The smallest absolute Gasteiger partial charge is 0.282 e. The van der Waals surface area contributed by atoms with Crippen molar-refractivity contribution in [3.63, 3.8) is 0 Å². The average Bonchev–Trinajstić information content (AvgIpc) is 2.55. The van der Waals surface area contributed by atoms with Gasteiger partial charge in [-0.3, -0.25) is 4.79 Å². The molecule has 0 atom stereocenters. The van der Waals surface area contributed by atoms with Gasteiger partial charge >= 0.3 is 0 Å². The van der Waals surface area contributed by atoms with E-state index in [4.69, 9.17) is 4.74 Å². The van der Waals surface area contributed by atoms with Crippen LogP contribution in [0.2, 0.25) is 0 Å². The molecule has 0 fully saturated rings. The number of aryl methyl sites for hydroxylation is 1. The van der Waals surface area contributed by atoms with Crippen molar-refractivity contribution >= 4 is 64.9 Å². The molecule has 3 aromatic rings. The summed E-state index contributed by atoms with van der Waals surface area (Å²) in [4.78, 5) is 17.1. The molecule has 3 rings (SSSR count). The standard InChI is InChI=1S/C17H12Br3N3O2/c1-9-22-15-4-3-11(18)7-12(15)17(24)23(9)21-8-10-5-13(19)16(25-2)14(20)6-10/h3-8H,1-2H3. The van der Waals surface area contributed by atoms with Crippen molar-refractivity contribution in [1.29, 1.82) is 0 Å². The zero-order valence-electron chi connectivity index (χ0n) is 13.3. The first-order valence-electron chi connectivity index (χ1n) is 7.17. The van der Waals surface area contributed by atoms with Gasteiger partial charge in [0.05, 0.1) is 33.2 Å². The fraction of sp³-hybridized carbons (Fsp3) is 0.118. The maximum Gasteiger partial charge on any atom is 0.282 e. The highest BCUT2D eigenvalue weighted by Crippen LogP contribution is 2.33.